The van der Waals surface area contributed by atoms with Crippen LogP contribution in [0, 0.1) is 19.3 Å². The van der Waals surface area contributed by atoms with Crippen LogP contribution in [0.5, 0.6) is 0 Å². The SMILES string of the molecule is Cc1ccc(NC(=O)C2(C)CCCC2N)c(C)c1. The fraction of sp³-hybridized carbons (Fsp3) is 0.533. The molecule has 1 aromatic carbocycles. The molecular formula is C15H22N2O. The molecule has 1 saturated carbocycles. The number of benzene rings is 1. The first-order chi connectivity index (χ1) is 8.43. The number of carbonyl (C=O) groups is 1. The predicted octanol–water partition coefficient (Wildman–Crippen LogP) is 2.76. The maximum absolute atomic E-state index is 12.4. The number of nitrogens with one attached hydrogen (secondary N) is 1. The minimum Gasteiger partial charge on any atom is -0.327 e. The van der Waals surface area contributed by atoms with Crippen molar-refractivity contribution in [1.29, 1.82) is 0 Å². The zero-order chi connectivity index (χ0) is 13.3. The van der Waals surface area contributed by atoms with Gasteiger partial charge in [0.05, 0.1) is 5.41 Å². The van der Waals surface area contributed by atoms with E-state index in [4.69, 9.17) is 5.73 Å². The summed E-state index contributed by atoms with van der Waals surface area (Å²) in [5.41, 5.74) is 8.84. The molecule has 0 heterocycles. The van der Waals surface area contributed by atoms with Gasteiger partial charge in [0, 0.05) is 11.7 Å². The molecular weight excluding hydrogens is 224 g/mol. The van der Waals surface area contributed by atoms with Gasteiger partial charge in [-0.2, -0.15) is 0 Å². The van der Waals surface area contributed by atoms with Crippen LogP contribution < -0.4 is 11.1 Å². The fourth-order valence-corrected chi connectivity index (χ4v) is 2.69. The summed E-state index contributed by atoms with van der Waals surface area (Å²) in [4.78, 5) is 12.4. The van der Waals surface area contributed by atoms with E-state index < -0.39 is 5.41 Å². The molecule has 1 fully saturated rings. The Balaban J connectivity index is 2.16. The van der Waals surface area contributed by atoms with E-state index in [1.807, 2.05) is 32.9 Å². The molecule has 1 aliphatic rings. The minimum absolute atomic E-state index is 0.0248. The molecule has 2 atom stereocenters. The van der Waals surface area contributed by atoms with Gasteiger partial charge in [0.15, 0.2) is 0 Å². The van der Waals surface area contributed by atoms with Crippen LogP contribution in [0.2, 0.25) is 0 Å². The molecule has 2 rings (SSSR count). The van der Waals surface area contributed by atoms with Gasteiger partial charge in [0.25, 0.3) is 0 Å². The second-order valence-electron chi connectivity index (χ2n) is 5.69. The lowest BCUT2D eigenvalue weighted by atomic mass is 9.84. The highest BCUT2D eigenvalue weighted by molar-refractivity contribution is 5.96. The molecule has 98 valence electrons. The number of amides is 1. The average Bonchev–Trinajstić information content (AvgIpc) is 2.64. The van der Waals surface area contributed by atoms with Gasteiger partial charge in [-0.25, -0.2) is 0 Å². The van der Waals surface area contributed by atoms with Gasteiger partial charge >= 0.3 is 0 Å². The van der Waals surface area contributed by atoms with Crippen LogP contribution in [0.4, 0.5) is 5.69 Å². The van der Waals surface area contributed by atoms with Crippen molar-refractivity contribution in [3.63, 3.8) is 0 Å². The van der Waals surface area contributed by atoms with E-state index in [0.717, 1.165) is 30.5 Å². The Hall–Kier alpha value is -1.35. The zero-order valence-electron chi connectivity index (χ0n) is 11.4. The van der Waals surface area contributed by atoms with Gasteiger partial charge in [0.1, 0.15) is 0 Å². The Kier molecular flexibility index (Phi) is 3.44. The zero-order valence-corrected chi connectivity index (χ0v) is 11.4. The van der Waals surface area contributed by atoms with Gasteiger partial charge in [-0.05, 0) is 45.2 Å². The molecule has 0 saturated heterocycles. The summed E-state index contributed by atoms with van der Waals surface area (Å²) in [6.07, 6.45) is 2.86. The molecule has 2 unspecified atom stereocenters. The lowest BCUT2D eigenvalue weighted by Crippen LogP contribution is -2.44. The Morgan fingerprint density at radius 2 is 2.17 bits per heavy atom. The molecule has 3 nitrogen and oxygen atoms in total. The molecule has 0 spiro atoms. The summed E-state index contributed by atoms with van der Waals surface area (Å²) in [6, 6.07) is 6.03. The first-order valence-corrected chi connectivity index (χ1v) is 6.58. The summed E-state index contributed by atoms with van der Waals surface area (Å²) in [5, 5.41) is 3.03. The molecule has 0 aromatic heterocycles. The summed E-state index contributed by atoms with van der Waals surface area (Å²) in [5.74, 6) is 0.0550. The monoisotopic (exact) mass is 246 g/mol. The lowest BCUT2D eigenvalue weighted by Gasteiger charge is -2.27. The van der Waals surface area contributed by atoms with Crippen LogP contribution >= 0.6 is 0 Å². The lowest BCUT2D eigenvalue weighted by molar-refractivity contribution is -0.125. The second-order valence-corrected chi connectivity index (χ2v) is 5.69. The number of nitrogens with two attached hydrogens (primary N) is 1. The maximum Gasteiger partial charge on any atom is 0.231 e. The molecule has 18 heavy (non-hydrogen) atoms. The van der Waals surface area contributed by atoms with Gasteiger partial charge < -0.3 is 11.1 Å². The fourth-order valence-electron chi connectivity index (χ4n) is 2.69. The van der Waals surface area contributed by atoms with E-state index in [1.54, 1.807) is 0 Å². The van der Waals surface area contributed by atoms with Gasteiger partial charge in [-0.3, -0.25) is 4.79 Å². The van der Waals surface area contributed by atoms with E-state index in [1.165, 1.54) is 5.56 Å². The normalized spacial score (nSPS) is 27.2. The third kappa shape index (κ3) is 2.27. The molecule has 0 aliphatic heterocycles. The van der Waals surface area contributed by atoms with Crippen molar-refractivity contribution in [2.45, 2.75) is 46.1 Å². The number of hydrogen-bond acceptors (Lipinski definition) is 2. The largest absolute Gasteiger partial charge is 0.327 e. The van der Waals surface area contributed by atoms with E-state index in [2.05, 4.69) is 11.4 Å². The summed E-state index contributed by atoms with van der Waals surface area (Å²) in [7, 11) is 0. The predicted molar refractivity (Wildman–Crippen MR) is 74.5 cm³/mol. The third-order valence-electron chi connectivity index (χ3n) is 4.18. The van der Waals surface area contributed by atoms with Gasteiger partial charge in [-0.1, -0.05) is 24.1 Å². The van der Waals surface area contributed by atoms with Crippen LogP contribution in [-0.4, -0.2) is 11.9 Å². The van der Waals surface area contributed by atoms with Crippen LogP contribution in [0.1, 0.15) is 37.3 Å². The molecule has 1 aliphatic carbocycles. The first kappa shape index (κ1) is 13.1. The summed E-state index contributed by atoms with van der Waals surface area (Å²) in [6.45, 7) is 6.04. The highest BCUT2D eigenvalue weighted by Gasteiger charge is 2.42. The van der Waals surface area contributed by atoms with E-state index >= 15 is 0 Å². The second kappa shape index (κ2) is 4.73. The first-order valence-electron chi connectivity index (χ1n) is 6.58. The van der Waals surface area contributed by atoms with Crippen LogP contribution in [0.25, 0.3) is 0 Å². The van der Waals surface area contributed by atoms with Gasteiger partial charge in [-0.15, -0.1) is 0 Å². The van der Waals surface area contributed by atoms with Crippen molar-refractivity contribution in [2.75, 3.05) is 5.32 Å². The van der Waals surface area contributed by atoms with Crippen molar-refractivity contribution >= 4 is 11.6 Å². The molecule has 0 radical (unpaired) electrons. The molecule has 1 aromatic rings. The number of anilines is 1. The minimum atomic E-state index is -0.419. The third-order valence-corrected chi connectivity index (χ3v) is 4.18. The molecule has 3 N–H and O–H groups in total. The molecule has 3 heteroatoms. The Morgan fingerprint density at radius 3 is 2.72 bits per heavy atom. The number of rotatable bonds is 2. The van der Waals surface area contributed by atoms with Crippen molar-refractivity contribution in [3.8, 4) is 0 Å². The molecule has 0 bridgehead atoms. The van der Waals surface area contributed by atoms with E-state index in [-0.39, 0.29) is 11.9 Å². The number of hydrogen-bond donors (Lipinski definition) is 2. The standard InChI is InChI=1S/C15H22N2O/c1-10-6-7-12(11(2)9-10)17-14(18)15(3)8-4-5-13(15)16/h6-7,9,13H,4-5,8,16H2,1-3H3,(H,17,18). The summed E-state index contributed by atoms with van der Waals surface area (Å²) >= 11 is 0. The van der Waals surface area contributed by atoms with Crippen molar-refractivity contribution in [1.82, 2.24) is 0 Å². The Labute approximate surface area is 109 Å². The summed E-state index contributed by atoms with van der Waals surface area (Å²) < 4.78 is 0. The number of carbonyl (C=O) groups excluding carboxylic acids is 1. The van der Waals surface area contributed by atoms with E-state index in [9.17, 15) is 4.79 Å². The Bertz CT molecular complexity index is 470. The highest BCUT2D eigenvalue weighted by atomic mass is 16.2. The number of aryl methyl sites for hydroxylation is 2. The van der Waals surface area contributed by atoms with Crippen molar-refractivity contribution < 1.29 is 4.79 Å². The quantitative estimate of drug-likeness (QED) is 0.843. The van der Waals surface area contributed by atoms with Gasteiger partial charge in [0.2, 0.25) is 5.91 Å². The molecule has 1 amide bonds. The van der Waals surface area contributed by atoms with Crippen LogP contribution in [-0.2, 0) is 4.79 Å². The van der Waals surface area contributed by atoms with Crippen molar-refractivity contribution in [2.24, 2.45) is 11.1 Å². The maximum atomic E-state index is 12.4. The smallest absolute Gasteiger partial charge is 0.231 e. The van der Waals surface area contributed by atoms with Crippen LogP contribution in [0.3, 0.4) is 0 Å². The highest BCUT2D eigenvalue weighted by Crippen LogP contribution is 2.37. The Morgan fingerprint density at radius 1 is 1.44 bits per heavy atom. The van der Waals surface area contributed by atoms with E-state index in [0.29, 0.717) is 0 Å². The van der Waals surface area contributed by atoms with Crippen molar-refractivity contribution in [3.05, 3.63) is 29.3 Å². The average molecular weight is 246 g/mol. The topological polar surface area (TPSA) is 55.1 Å². The van der Waals surface area contributed by atoms with Crippen LogP contribution in [0.15, 0.2) is 18.2 Å².